The zero-order valence-corrected chi connectivity index (χ0v) is 9.75. The molecule has 0 radical (unpaired) electrons. The molecule has 2 fully saturated rings. The van der Waals surface area contributed by atoms with E-state index in [2.05, 4.69) is 5.32 Å². The maximum absolute atomic E-state index is 12.0. The monoisotopic (exact) mass is 226 g/mol. The van der Waals surface area contributed by atoms with Crippen LogP contribution < -0.4 is 5.32 Å². The molecule has 16 heavy (non-hydrogen) atoms. The second-order valence-electron chi connectivity index (χ2n) is 5.33. The highest BCUT2D eigenvalue weighted by Crippen LogP contribution is 2.36. The largest absolute Gasteiger partial charge is 0.480 e. The molecule has 0 aromatic rings. The van der Waals surface area contributed by atoms with E-state index in [9.17, 15) is 14.7 Å². The van der Waals surface area contributed by atoms with Gasteiger partial charge in [-0.2, -0.15) is 0 Å². The minimum absolute atomic E-state index is 0.0981. The molecule has 1 saturated carbocycles. The Morgan fingerprint density at radius 1 is 1.25 bits per heavy atom. The van der Waals surface area contributed by atoms with Gasteiger partial charge in [0.2, 0.25) is 0 Å². The first-order valence-electron chi connectivity index (χ1n) is 5.71. The summed E-state index contributed by atoms with van der Waals surface area (Å²) in [4.78, 5) is 24.6. The van der Waals surface area contributed by atoms with Gasteiger partial charge in [0.1, 0.15) is 5.54 Å². The molecule has 1 saturated heterocycles. The first kappa shape index (κ1) is 11.2. The standard InChI is InChI=1S/C11H18N2O3/c1-10(5-6-10)12-9(16)13-7-3-4-11(13,2)8(14)15/h3-7H2,1-2H3,(H,12,16)(H,14,15). The molecule has 0 aromatic heterocycles. The number of carboxylic acid groups (broad SMARTS) is 1. The minimum atomic E-state index is -1.03. The van der Waals surface area contributed by atoms with Crippen LogP contribution in [0.4, 0.5) is 4.79 Å². The predicted molar refractivity (Wildman–Crippen MR) is 58.2 cm³/mol. The number of likely N-dealkylation sites (tertiary alicyclic amines) is 1. The van der Waals surface area contributed by atoms with E-state index in [0.717, 1.165) is 19.3 Å². The lowest BCUT2D eigenvalue weighted by molar-refractivity contribution is -0.147. The van der Waals surface area contributed by atoms with E-state index in [0.29, 0.717) is 13.0 Å². The molecular formula is C11H18N2O3. The van der Waals surface area contributed by atoms with Gasteiger partial charge in [-0.15, -0.1) is 0 Å². The van der Waals surface area contributed by atoms with Gasteiger partial charge >= 0.3 is 12.0 Å². The van der Waals surface area contributed by atoms with Crippen LogP contribution in [0.2, 0.25) is 0 Å². The van der Waals surface area contributed by atoms with Crippen LogP contribution in [0.1, 0.15) is 39.5 Å². The number of urea groups is 1. The van der Waals surface area contributed by atoms with Crippen molar-refractivity contribution in [1.29, 1.82) is 0 Å². The summed E-state index contributed by atoms with van der Waals surface area (Å²) in [5.41, 5.74) is -1.13. The third kappa shape index (κ3) is 1.74. The topological polar surface area (TPSA) is 69.6 Å². The van der Waals surface area contributed by atoms with Crippen molar-refractivity contribution >= 4 is 12.0 Å². The lowest BCUT2D eigenvalue weighted by atomic mass is 10.00. The molecule has 5 nitrogen and oxygen atoms in total. The number of nitrogens with one attached hydrogen (secondary N) is 1. The molecule has 2 aliphatic rings. The lowest BCUT2D eigenvalue weighted by Crippen LogP contribution is -2.55. The molecule has 2 rings (SSSR count). The first-order valence-corrected chi connectivity index (χ1v) is 5.71. The molecule has 2 amide bonds. The van der Waals surface area contributed by atoms with Crippen LogP contribution in [0.3, 0.4) is 0 Å². The zero-order chi connectivity index (χ0) is 12.0. The Morgan fingerprint density at radius 2 is 1.88 bits per heavy atom. The van der Waals surface area contributed by atoms with E-state index in [1.165, 1.54) is 4.90 Å². The van der Waals surface area contributed by atoms with Gasteiger partial charge in [-0.25, -0.2) is 9.59 Å². The Morgan fingerprint density at radius 3 is 2.38 bits per heavy atom. The van der Waals surface area contributed by atoms with E-state index < -0.39 is 11.5 Å². The number of nitrogens with zero attached hydrogens (tertiary/aromatic N) is 1. The molecule has 1 unspecified atom stereocenters. The van der Waals surface area contributed by atoms with Crippen molar-refractivity contribution in [2.75, 3.05) is 6.54 Å². The summed E-state index contributed by atoms with van der Waals surface area (Å²) < 4.78 is 0. The van der Waals surface area contributed by atoms with Crippen molar-refractivity contribution in [3.05, 3.63) is 0 Å². The van der Waals surface area contributed by atoms with Crippen LogP contribution in [-0.4, -0.2) is 39.6 Å². The summed E-state index contributed by atoms with van der Waals surface area (Å²) in [7, 11) is 0. The predicted octanol–water partition coefficient (Wildman–Crippen LogP) is 1.19. The van der Waals surface area contributed by atoms with Gasteiger partial charge in [0.15, 0.2) is 0 Å². The number of hydrogen-bond acceptors (Lipinski definition) is 2. The van der Waals surface area contributed by atoms with Crippen molar-refractivity contribution in [2.24, 2.45) is 0 Å². The molecule has 5 heteroatoms. The third-order valence-corrected chi connectivity index (χ3v) is 3.76. The normalized spacial score (nSPS) is 31.2. The van der Waals surface area contributed by atoms with Crippen molar-refractivity contribution in [1.82, 2.24) is 10.2 Å². The quantitative estimate of drug-likeness (QED) is 0.743. The molecule has 1 aliphatic carbocycles. The van der Waals surface area contributed by atoms with E-state index in [1.807, 2.05) is 6.92 Å². The number of aliphatic carboxylic acids is 1. The fourth-order valence-corrected chi connectivity index (χ4v) is 2.15. The van der Waals surface area contributed by atoms with Crippen LogP contribution in [0.5, 0.6) is 0 Å². The Bertz CT molecular complexity index is 338. The summed E-state index contributed by atoms with van der Waals surface area (Å²) in [6.07, 6.45) is 3.26. The summed E-state index contributed by atoms with van der Waals surface area (Å²) in [5.74, 6) is -0.916. The first-order chi connectivity index (χ1) is 7.37. The number of hydrogen-bond donors (Lipinski definition) is 2. The summed E-state index contributed by atoms with van der Waals surface area (Å²) in [6.45, 7) is 4.14. The average molecular weight is 226 g/mol. The number of amides is 2. The Kier molecular flexibility index (Phi) is 2.36. The zero-order valence-electron chi connectivity index (χ0n) is 9.75. The minimum Gasteiger partial charge on any atom is -0.480 e. The fraction of sp³-hybridized carbons (Fsp3) is 0.818. The summed E-state index contributed by atoms with van der Waals surface area (Å²) >= 11 is 0. The van der Waals surface area contributed by atoms with Gasteiger partial charge in [-0.05, 0) is 39.5 Å². The van der Waals surface area contributed by atoms with E-state index >= 15 is 0 Å². The lowest BCUT2D eigenvalue weighted by Gasteiger charge is -2.32. The summed E-state index contributed by atoms with van der Waals surface area (Å²) in [6, 6.07) is -0.234. The van der Waals surface area contributed by atoms with Gasteiger partial charge < -0.3 is 15.3 Å². The van der Waals surface area contributed by atoms with Crippen LogP contribution in [0.25, 0.3) is 0 Å². The molecular weight excluding hydrogens is 208 g/mol. The molecule has 1 aliphatic heterocycles. The molecule has 0 aromatic carbocycles. The van der Waals surface area contributed by atoms with Gasteiger partial charge in [-0.3, -0.25) is 0 Å². The van der Waals surface area contributed by atoms with Crippen LogP contribution in [0, 0.1) is 0 Å². The van der Waals surface area contributed by atoms with Crippen LogP contribution >= 0.6 is 0 Å². The van der Waals surface area contributed by atoms with Gasteiger partial charge in [0.05, 0.1) is 0 Å². The highest BCUT2D eigenvalue weighted by atomic mass is 16.4. The highest BCUT2D eigenvalue weighted by Gasteiger charge is 2.48. The van der Waals surface area contributed by atoms with Crippen molar-refractivity contribution in [2.45, 2.75) is 50.6 Å². The van der Waals surface area contributed by atoms with Crippen molar-refractivity contribution < 1.29 is 14.7 Å². The Balaban J connectivity index is 2.07. The molecule has 1 atom stereocenters. The molecule has 90 valence electrons. The highest BCUT2D eigenvalue weighted by molar-refractivity contribution is 5.87. The maximum Gasteiger partial charge on any atom is 0.329 e. The van der Waals surface area contributed by atoms with Crippen molar-refractivity contribution in [3.8, 4) is 0 Å². The third-order valence-electron chi connectivity index (χ3n) is 3.76. The van der Waals surface area contributed by atoms with Gasteiger partial charge in [0.25, 0.3) is 0 Å². The second kappa shape index (κ2) is 3.37. The molecule has 1 heterocycles. The molecule has 0 bridgehead atoms. The molecule has 0 spiro atoms. The van der Waals surface area contributed by atoms with E-state index in [-0.39, 0.29) is 11.6 Å². The van der Waals surface area contributed by atoms with E-state index in [4.69, 9.17) is 0 Å². The van der Waals surface area contributed by atoms with Crippen LogP contribution in [0.15, 0.2) is 0 Å². The Hall–Kier alpha value is -1.26. The number of carboxylic acids is 1. The second-order valence-corrected chi connectivity index (χ2v) is 5.33. The maximum atomic E-state index is 12.0. The SMILES string of the molecule is CC1(NC(=O)N2CCCC2(C)C(=O)O)CC1. The summed E-state index contributed by atoms with van der Waals surface area (Å²) in [5, 5.41) is 12.1. The Labute approximate surface area is 94.8 Å². The number of carbonyl (C=O) groups is 2. The van der Waals surface area contributed by atoms with Crippen LogP contribution in [-0.2, 0) is 4.79 Å². The van der Waals surface area contributed by atoms with E-state index in [1.54, 1.807) is 6.92 Å². The van der Waals surface area contributed by atoms with Gasteiger partial charge in [0, 0.05) is 12.1 Å². The number of rotatable bonds is 2. The van der Waals surface area contributed by atoms with Crippen molar-refractivity contribution in [3.63, 3.8) is 0 Å². The fourth-order valence-electron chi connectivity index (χ4n) is 2.15. The average Bonchev–Trinajstić information content (AvgIpc) is 2.76. The smallest absolute Gasteiger partial charge is 0.329 e. The molecule has 2 N–H and O–H groups in total. The number of carbonyl (C=O) groups excluding carboxylic acids is 1. The van der Waals surface area contributed by atoms with Gasteiger partial charge in [-0.1, -0.05) is 0 Å².